The van der Waals surface area contributed by atoms with Gasteiger partial charge >= 0.3 is 6.03 Å². The van der Waals surface area contributed by atoms with Gasteiger partial charge in [0.05, 0.1) is 12.2 Å². The van der Waals surface area contributed by atoms with Gasteiger partial charge in [-0.25, -0.2) is 23.5 Å². The van der Waals surface area contributed by atoms with E-state index in [0.717, 1.165) is 28.3 Å². The first-order valence-corrected chi connectivity index (χ1v) is 15.6. The molecule has 5 rings (SSSR count). The molecule has 1 aliphatic rings. The monoisotopic (exact) mass is 661 g/mol. The van der Waals surface area contributed by atoms with Crippen LogP contribution < -0.4 is 31.5 Å². The van der Waals surface area contributed by atoms with Gasteiger partial charge in [0.15, 0.2) is 5.82 Å². The summed E-state index contributed by atoms with van der Waals surface area (Å²) in [6.07, 6.45) is 0. The minimum Gasteiger partial charge on any atom is -0.378 e. The summed E-state index contributed by atoms with van der Waals surface area (Å²) in [5.41, 5.74) is 8.27. The number of likely N-dealkylation sites (N-methyl/N-ethyl adjacent to an activating group) is 1. The minimum atomic E-state index is -0.913. The molecule has 0 fully saturated rings. The Morgan fingerprint density at radius 1 is 0.979 bits per heavy atom. The topological polar surface area (TPSA) is 132 Å². The Kier molecular flexibility index (Phi) is 13.3. The number of aromatic nitrogens is 2. The van der Waals surface area contributed by atoms with Crippen LogP contribution in [0.5, 0.6) is 0 Å². The number of halogens is 2. The molecule has 1 aliphatic heterocycles. The zero-order valence-corrected chi connectivity index (χ0v) is 28.8. The number of fused-ring (bicyclic) bond motifs is 1. The zero-order chi connectivity index (χ0) is 35.5. The lowest BCUT2D eigenvalue weighted by atomic mass is 9.97. The first-order valence-electron chi connectivity index (χ1n) is 15.6. The number of rotatable bonds is 9. The van der Waals surface area contributed by atoms with E-state index in [1.54, 1.807) is 12.1 Å². The highest BCUT2D eigenvalue weighted by molar-refractivity contribution is 6.06. The van der Waals surface area contributed by atoms with Crippen molar-refractivity contribution in [3.63, 3.8) is 0 Å². The highest BCUT2D eigenvalue weighted by Gasteiger charge is 2.34. The van der Waals surface area contributed by atoms with Crippen LogP contribution in [-0.4, -0.2) is 75.1 Å². The summed E-state index contributed by atoms with van der Waals surface area (Å²) in [6, 6.07) is 15.4. The molecule has 3 amide bonds. The van der Waals surface area contributed by atoms with Gasteiger partial charge < -0.3 is 31.5 Å². The number of urea groups is 1. The van der Waals surface area contributed by atoms with Crippen LogP contribution in [0.2, 0.25) is 0 Å². The second-order valence-electron chi connectivity index (χ2n) is 10.9. The van der Waals surface area contributed by atoms with Crippen molar-refractivity contribution in [2.45, 2.75) is 27.3 Å². The number of hydrogen-bond acceptors (Lipinski definition) is 8. The van der Waals surface area contributed by atoms with Gasteiger partial charge in [0, 0.05) is 55.2 Å². The summed E-state index contributed by atoms with van der Waals surface area (Å²) in [5.74, 6) is -1.93. The van der Waals surface area contributed by atoms with Crippen molar-refractivity contribution in [2.75, 3.05) is 68.8 Å². The molecule has 48 heavy (non-hydrogen) atoms. The molecular weight excluding hydrogens is 616 g/mol. The number of aryl methyl sites for hydroxylation is 1. The average Bonchev–Trinajstić information content (AvgIpc) is 3.07. The number of amides is 3. The molecule has 2 heterocycles. The van der Waals surface area contributed by atoms with Gasteiger partial charge in [-0.3, -0.25) is 4.79 Å². The van der Waals surface area contributed by atoms with Gasteiger partial charge in [0.1, 0.15) is 17.3 Å². The lowest BCUT2D eigenvalue weighted by molar-refractivity contribution is 0.102. The van der Waals surface area contributed by atoms with Crippen LogP contribution in [0.25, 0.3) is 11.3 Å². The molecule has 13 heteroatoms. The minimum absolute atomic E-state index is 0.0160. The maximum absolute atomic E-state index is 15.0. The quantitative estimate of drug-likeness (QED) is 0.172. The highest BCUT2D eigenvalue weighted by Crippen LogP contribution is 2.39. The van der Waals surface area contributed by atoms with Crippen molar-refractivity contribution >= 4 is 40.8 Å². The number of nitrogens with zero attached hydrogens (tertiary/aromatic N) is 5. The van der Waals surface area contributed by atoms with Gasteiger partial charge in [0.2, 0.25) is 5.95 Å². The predicted octanol–water partition coefficient (Wildman–Crippen LogP) is 5.98. The van der Waals surface area contributed by atoms with Crippen molar-refractivity contribution in [3.05, 3.63) is 89.0 Å². The lowest BCUT2D eigenvalue weighted by Gasteiger charge is -2.31. The number of nitrogens with two attached hydrogens (primary N) is 1. The molecule has 0 saturated heterocycles. The van der Waals surface area contributed by atoms with Crippen molar-refractivity contribution in [3.8, 4) is 11.3 Å². The zero-order valence-electron chi connectivity index (χ0n) is 28.8. The van der Waals surface area contributed by atoms with E-state index < -0.39 is 23.4 Å². The van der Waals surface area contributed by atoms with Gasteiger partial charge in [-0.15, -0.1) is 0 Å². The molecule has 11 nitrogen and oxygen atoms in total. The first-order chi connectivity index (χ1) is 23.0. The normalized spacial score (nSPS) is 11.8. The van der Waals surface area contributed by atoms with Gasteiger partial charge in [0.25, 0.3) is 5.91 Å². The molecule has 1 aromatic heterocycles. The highest BCUT2D eigenvalue weighted by atomic mass is 19.1. The summed E-state index contributed by atoms with van der Waals surface area (Å²) in [5, 5.41) is 8.78. The smallest absolute Gasteiger partial charge is 0.328 e. The van der Waals surface area contributed by atoms with E-state index in [-0.39, 0.29) is 24.2 Å². The maximum Gasteiger partial charge on any atom is 0.328 e. The van der Waals surface area contributed by atoms with Crippen LogP contribution in [0.15, 0.2) is 60.7 Å². The van der Waals surface area contributed by atoms with E-state index in [9.17, 15) is 18.4 Å². The lowest BCUT2D eigenvalue weighted by Crippen LogP contribution is -2.43. The number of carbonyl (C=O) groups is 2. The van der Waals surface area contributed by atoms with Crippen molar-refractivity contribution in [1.29, 1.82) is 0 Å². The molecular formula is C35H45F2N9O2. The summed E-state index contributed by atoms with van der Waals surface area (Å²) in [4.78, 5) is 40.6. The molecule has 256 valence electrons. The number of benzene rings is 3. The SMILES string of the molecule is CC.CN.Cc1ccc(C(=O)Nc2ccc(N(C)C)cc2)cc1-c1nc(NCCN(C)C)nc2c1CNC(=O)N2c1c(F)cccc1F. The number of para-hydroxylation sites is 1. The number of nitrogens with one attached hydrogen (secondary N) is 3. The fourth-order valence-corrected chi connectivity index (χ4v) is 4.83. The first kappa shape index (κ1) is 37.3. The average molecular weight is 662 g/mol. The van der Waals surface area contributed by atoms with Crippen LogP contribution in [-0.2, 0) is 6.54 Å². The summed E-state index contributed by atoms with van der Waals surface area (Å²) in [7, 11) is 9.22. The summed E-state index contributed by atoms with van der Waals surface area (Å²) >= 11 is 0. The molecule has 0 bridgehead atoms. The van der Waals surface area contributed by atoms with E-state index in [0.29, 0.717) is 41.2 Å². The Morgan fingerprint density at radius 2 is 1.62 bits per heavy atom. The molecule has 0 unspecified atom stereocenters. The third-order valence-electron chi connectivity index (χ3n) is 7.22. The fraction of sp³-hybridized carbons (Fsp3) is 0.314. The number of carbonyl (C=O) groups excluding carboxylic acids is 2. The summed E-state index contributed by atoms with van der Waals surface area (Å²) < 4.78 is 30.0. The van der Waals surface area contributed by atoms with E-state index in [2.05, 4.69) is 26.7 Å². The Hall–Kier alpha value is -5.14. The molecule has 0 atom stereocenters. The van der Waals surface area contributed by atoms with Crippen LogP contribution in [0.3, 0.4) is 0 Å². The number of anilines is 5. The fourth-order valence-electron chi connectivity index (χ4n) is 4.83. The largest absolute Gasteiger partial charge is 0.378 e. The molecule has 0 radical (unpaired) electrons. The van der Waals surface area contributed by atoms with Crippen molar-refractivity contribution < 1.29 is 18.4 Å². The van der Waals surface area contributed by atoms with E-state index >= 15 is 0 Å². The second kappa shape index (κ2) is 17.1. The van der Waals surface area contributed by atoms with Crippen LogP contribution in [0.1, 0.15) is 35.3 Å². The van der Waals surface area contributed by atoms with E-state index in [1.807, 2.05) is 89.1 Å². The van der Waals surface area contributed by atoms with Gasteiger partial charge in [-0.1, -0.05) is 26.0 Å². The van der Waals surface area contributed by atoms with Crippen LogP contribution >= 0.6 is 0 Å². The van der Waals surface area contributed by atoms with E-state index in [4.69, 9.17) is 4.98 Å². The number of hydrogen-bond donors (Lipinski definition) is 4. The van der Waals surface area contributed by atoms with Gasteiger partial charge in [-0.05, 0) is 82.2 Å². The van der Waals surface area contributed by atoms with Crippen LogP contribution in [0, 0.1) is 18.6 Å². The second-order valence-corrected chi connectivity index (χ2v) is 10.9. The standard InChI is InChI=1S/C32H34F2N8O2.C2H6.CH5N/c1-19-9-10-20(30(43)37-21-11-13-22(14-12-21)41(4)5)17-23(19)27-24-18-36-32(44)42(28-25(33)7-6-8-26(28)34)29(24)39-31(38-27)35-15-16-40(2)3;2*1-2/h6-14,17H,15-16,18H2,1-5H3,(H,36,44)(H,37,43)(H,35,38,39);1-2H3;2H2,1H3. The molecule has 4 aromatic rings. The van der Waals surface area contributed by atoms with Crippen LogP contribution in [0.4, 0.5) is 42.4 Å². The van der Waals surface area contributed by atoms with Crippen molar-refractivity contribution in [2.24, 2.45) is 5.73 Å². The third-order valence-corrected chi connectivity index (χ3v) is 7.22. The third kappa shape index (κ3) is 8.60. The Labute approximate surface area is 281 Å². The van der Waals surface area contributed by atoms with E-state index in [1.165, 1.54) is 13.1 Å². The maximum atomic E-state index is 15.0. The predicted molar refractivity (Wildman–Crippen MR) is 190 cm³/mol. The molecule has 0 spiro atoms. The summed E-state index contributed by atoms with van der Waals surface area (Å²) in [6.45, 7) is 7.02. The molecule has 0 aliphatic carbocycles. The van der Waals surface area contributed by atoms with Gasteiger partial charge in [-0.2, -0.15) is 4.98 Å². The molecule has 3 aromatic carbocycles. The molecule has 0 saturated carbocycles. The Morgan fingerprint density at radius 3 is 2.23 bits per heavy atom. The molecule has 5 N–H and O–H groups in total. The van der Waals surface area contributed by atoms with Crippen molar-refractivity contribution in [1.82, 2.24) is 20.2 Å². The Balaban J connectivity index is 0.00000151. The Bertz CT molecular complexity index is 1690.